The summed E-state index contributed by atoms with van der Waals surface area (Å²) < 4.78 is 6.41. The molecule has 1 heterocycles. The van der Waals surface area contributed by atoms with E-state index in [1.807, 2.05) is 0 Å². The number of ether oxygens (including phenoxy) is 1. The highest BCUT2D eigenvalue weighted by atomic mass is 16.5. The molecule has 0 spiro atoms. The minimum absolute atomic E-state index is 0.887. The van der Waals surface area contributed by atoms with Crippen LogP contribution in [0.15, 0.2) is 200 Å². The third-order valence-electron chi connectivity index (χ3n) is 10.2. The molecule has 0 aliphatic carbocycles. The van der Waals surface area contributed by atoms with Crippen molar-refractivity contribution in [3.8, 4) is 56.0 Å². The van der Waals surface area contributed by atoms with E-state index in [1.165, 1.54) is 49.4 Å². The van der Waals surface area contributed by atoms with Crippen LogP contribution in [0.5, 0.6) is 11.5 Å². The zero-order chi connectivity index (χ0) is 34.4. The van der Waals surface area contributed by atoms with Gasteiger partial charge in [-0.3, -0.25) is 0 Å². The van der Waals surface area contributed by atoms with E-state index in [2.05, 4.69) is 205 Å². The summed E-state index contributed by atoms with van der Waals surface area (Å²) in [5.41, 5.74) is 12.7. The van der Waals surface area contributed by atoms with Crippen molar-refractivity contribution in [2.24, 2.45) is 0 Å². The second-order valence-electron chi connectivity index (χ2n) is 13.4. The van der Waals surface area contributed by atoms with E-state index in [1.54, 1.807) is 0 Å². The molecule has 1 aliphatic heterocycles. The molecule has 244 valence electrons. The lowest BCUT2D eigenvalue weighted by molar-refractivity contribution is 0.487. The molecule has 0 saturated carbocycles. The quantitative estimate of drug-likeness (QED) is 0.176. The SMILES string of the molecule is c1ccc(-c2ccc(N(c3ccc(-c4ccc5ccccc5c4)cc3)c3cccc(-c4ccc5c(c4)-c4cccc6cccc(c46)O5)c3)cc2)cc1. The van der Waals surface area contributed by atoms with E-state index in [9.17, 15) is 0 Å². The van der Waals surface area contributed by atoms with Crippen LogP contribution in [-0.4, -0.2) is 0 Å². The van der Waals surface area contributed by atoms with Gasteiger partial charge in [0.1, 0.15) is 11.5 Å². The van der Waals surface area contributed by atoms with Crippen LogP contribution in [0.1, 0.15) is 0 Å². The molecule has 0 radical (unpaired) electrons. The van der Waals surface area contributed by atoms with Gasteiger partial charge in [0.15, 0.2) is 0 Å². The van der Waals surface area contributed by atoms with Gasteiger partial charge in [0.05, 0.1) is 0 Å². The lowest BCUT2D eigenvalue weighted by Gasteiger charge is -2.27. The van der Waals surface area contributed by atoms with E-state index in [4.69, 9.17) is 4.74 Å². The summed E-state index contributed by atoms with van der Waals surface area (Å²) in [7, 11) is 0. The topological polar surface area (TPSA) is 12.5 Å². The van der Waals surface area contributed by atoms with Crippen LogP contribution in [0.4, 0.5) is 17.1 Å². The summed E-state index contributed by atoms with van der Waals surface area (Å²) in [6.45, 7) is 0. The molecule has 1 aliphatic rings. The summed E-state index contributed by atoms with van der Waals surface area (Å²) >= 11 is 0. The predicted octanol–water partition coefficient (Wildman–Crippen LogP) is 14.2. The Kier molecular flexibility index (Phi) is 7.18. The molecular weight excluding hydrogens is 631 g/mol. The Hall–Kier alpha value is -6.90. The maximum Gasteiger partial charge on any atom is 0.135 e. The summed E-state index contributed by atoms with van der Waals surface area (Å²) in [5, 5.41) is 4.85. The van der Waals surface area contributed by atoms with Gasteiger partial charge in [0.2, 0.25) is 0 Å². The fraction of sp³-hybridized carbons (Fsp3) is 0. The lowest BCUT2D eigenvalue weighted by Crippen LogP contribution is -2.10. The average Bonchev–Trinajstić information content (AvgIpc) is 3.22. The van der Waals surface area contributed by atoms with Crippen LogP contribution in [0.3, 0.4) is 0 Å². The second-order valence-corrected chi connectivity index (χ2v) is 13.4. The van der Waals surface area contributed by atoms with Gasteiger partial charge in [0.25, 0.3) is 0 Å². The first kappa shape index (κ1) is 30.0. The molecular formula is C50H33NO. The van der Waals surface area contributed by atoms with E-state index in [-0.39, 0.29) is 0 Å². The fourth-order valence-corrected chi connectivity index (χ4v) is 7.62. The minimum atomic E-state index is 0.887. The Morgan fingerprint density at radius 3 is 1.63 bits per heavy atom. The summed E-state index contributed by atoms with van der Waals surface area (Å²) in [5.74, 6) is 1.80. The number of anilines is 3. The molecule has 0 unspecified atom stereocenters. The zero-order valence-corrected chi connectivity index (χ0v) is 28.4. The number of hydrogen-bond donors (Lipinski definition) is 0. The molecule has 0 amide bonds. The molecule has 2 heteroatoms. The average molecular weight is 664 g/mol. The van der Waals surface area contributed by atoms with Crippen molar-refractivity contribution in [2.75, 3.05) is 4.90 Å². The Labute approximate surface area is 303 Å². The number of fused-ring (bicyclic) bond motifs is 3. The van der Waals surface area contributed by atoms with E-state index in [0.717, 1.165) is 45.3 Å². The lowest BCUT2D eigenvalue weighted by atomic mass is 9.92. The highest BCUT2D eigenvalue weighted by Crippen LogP contribution is 2.48. The van der Waals surface area contributed by atoms with Gasteiger partial charge < -0.3 is 9.64 Å². The number of nitrogens with zero attached hydrogens (tertiary/aromatic N) is 1. The first-order valence-electron chi connectivity index (χ1n) is 17.7. The molecule has 2 nitrogen and oxygen atoms in total. The van der Waals surface area contributed by atoms with Crippen LogP contribution < -0.4 is 9.64 Å². The van der Waals surface area contributed by atoms with Crippen molar-refractivity contribution in [1.82, 2.24) is 0 Å². The molecule has 52 heavy (non-hydrogen) atoms. The Morgan fingerprint density at radius 2 is 0.846 bits per heavy atom. The van der Waals surface area contributed by atoms with E-state index >= 15 is 0 Å². The van der Waals surface area contributed by atoms with E-state index < -0.39 is 0 Å². The fourth-order valence-electron chi connectivity index (χ4n) is 7.62. The third kappa shape index (κ3) is 5.30. The maximum atomic E-state index is 6.41. The number of benzene rings is 9. The summed E-state index contributed by atoms with van der Waals surface area (Å²) in [6.07, 6.45) is 0. The van der Waals surface area contributed by atoms with Crippen molar-refractivity contribution in [3.05, 3.63) is 200 Å². The van der Waals surface area contributed by atoms with Gasteiger partial charge in [0, 0.05) is 28.0 Å². The predicted molar refractivity (Wildman–Crippen MR) is 218 cm³/mol. The minimum Gasteiger partial charge on any atom is -0.456 e. The van der Waals surface area contributed by atoms with Gasteiger partial charge >= 0.3 is 0 Å². The van der Waals surface area contributed by atoms with Crippen molar-refractivity contribution < 1.29 is 4.74 Å². The Balaban J connectivity index is 1.06. The van der Waals surface area contributed by atoms with Crippen molar-refractivity contribution in [3.63, 3.8) is 0 Å². The van der Waals surface area contributed by atoms with Gasteiger partial charge in [-0.25, -0.2) is 0 Å². The Bertz CT molecular complexity index is 2740. The molecule has 10 rings (SSSR count). The summed E-state index contributed by atoms with van der Waals surface area (Å²) in [4.78, 5) is 2.35. The first-order chi connectivity index (χ1) is 25.7. The van der Waals surface area contributed by atoms with Gasteiger partial charge in [-0.05, 0) is 116 Å². The third-order valence-corrected chi connectivity index (χ3v) is 10.2. The molecule has 9 aromatic rings. The molecule has 0 N–H and O–H groups in total. The van der Waals surface area contributed by atoms with Crippen molar-refractivity contribution >= 4 is 38.6 Å². The molecule has 0 fully saturated rings. The summed E-state index contributed by atoms with van der Waals surface area (Å²) in [6, 6.07) is 71.7. The zero-order valence-electron chi connectivity index (χ0n) is 28.4. The molecule has 9 aromatic carbocycles. The van der Waals surface area contributed by atoms with Gasteiger partial charge in [-0.15, -0.1) is 0 Å². The Morgan fingerprint density at radius 1 is 0.288 bits per heavy atom. The molecule has 0 atom stereocenters. The standard InChI is InChI=1S/C50H33NO/c1-2-9-34(10-3-1)36-21-26-43(27-22-36)51(44-28-23-37(24-29-44)41-20-19-35-11-4-5-12-39(35)31-41)45-16-6-15-40(32-45)42-25-30-48-47(33-42)46-17-7-13-38-14-8-18-49(52-48)50(38)46/h1-33H. The van der Waals surface area contributed by atoms with Crippen LogP contribution in [0.2, 0.25) is 0 Å². The molecule has 0 aromatic heterocycles. The van der Waals surface area contributed by atoms with Crippen molar-refractivity contribution in [2.45, 2.75) is 0 Å². The second kappa shape index (κ2) is 12.5. The van der Waals surface area contributed by atoms with Gasteiger partial charge in [-0.1, -0.05) is 140 Å². The van der Waals surface area contributed by atoms with Crippen LogP contribution in [-0.2, 0) is 0 Å². The highest BCUT2D eigenvalue weighted by molar-refractivity contribution is 6.04. The maximum absolute atomic E-state index is 6.41. The monoisotopic (exact) mass is 663 g/mol. The van der Waals surface area contributed by atoms with Crippen LogP contribution in [0, 0.1) is 0 Å². The number of rotatable bonds is 6. The van der Waals surface area contributed by atoms with Crippen molar-refractivity contribution in [1.29, 1.82) is 0 Å². The highest BCUT2D eigenvalue weighted by Gasteiger charge is 2.21. The largest absolute Gasteiger partial charge is 0.456 e. The molecule has 0 bridgehead atoms. The smallest absolute Gasteiger partial charge is 0.135 e. The normalized spacial score (nSPS) is 11.6. The molecule has 0 saturated heterocycles. The van der Waals surface area contributed by atoms with E-state index in [0.29, 0.717) is 0 Å². The van der Waals surface area contributed by atoms with Crippen LogP contribution in [0.25, 0.3) is 66.1 Å². The van der Waals surface area contributed by atoms with Crippen LogP contribution >= 0.6 is 0 Å². The van der Waals surface area contributed by atoms with Gasteiger partial charge in [-0.2, -0.15) is 0 Å². The first-order valence-corrected chi connectivity index (χ1v) is 17.7. The number of hydrogen-bond acceptors (Lipinski definition) is 2.